The molecule has 0 radical (unpaired) electrons. The molecule has 1 aliphatic heterocycles. The minimum absolute atomic E-state index is 0.0789. The molecule has 0 unspecified atom stereocenters. The summed E-state index contributed by atoms with van der Waals surface area (Å²) in [7, 11) is 0. The number of hydrogen-bond donors (Lipinski definition) is 2. The van der Waals surface area contributed by atoms with Gasteiger partial charge in [-0.2, -0.15) is 0 Å². The first kappa shape index (κ1) is 11.3. The summed E-state index contributed by atoms with van der Waals surface area (Å²) in [5.41, 5.74) is 2.19. The molecule has 0 bridgehead atoms. The summed E-state index contributed by atoms with van der Waals surface area (Å²) in [5, 5.41) is 5.21. The first-order valence-electron chi connectivity index (χ1n) is 6.50. The van der Waals surface area contributed by atoms with Gasteiger partial charge in [-0.05, 0) is 11.5 Å². The van der Waals surface area contributed by atoms with Crippen molar-refractivity contribution >= 4 is 10.8 Å². The fourth-order valence-corrected chi connectivity index (χ4v) is 2.60. The molecule has 98 valence electrons. The van der Waals surface area contributed by atoms with Crippen LogP contribution < -0.4 is 10.9 Å². The fraction of sp³-hybridized carbons (Fsp3) is 0.133. The quantitative estimate of drug-likeness (QED) is 0.700. The predicted octanol–water partition coefficient (Wildman–Crippen LogP) is 1.59. The highest BCUT2D eigenvalue weighted by Crippen LogP contribution is 2.23. The van der Waals surface area contributed by atoms with Crippen LogP contribution in [0.3, 0.4) is 0 Å². The number of rotatable bonds is 1. The molecule has 3 aromatic rings. The van der Waals surface area contributed by atoms with Crippen LogP contribution >= 0.6 is 0 Å². The van der Waals surface area contributed by atoms with Crippen LogP contribution in [0.1, 0.15) is 11.3 Å². The first-order chi connectivity index (χ1) is 9.83. The SMILES string of the molecule is O=c1[nH]c(-c2nccc3ccccc23)nc2c1CNC2. The van der Waals surface area contributed by atoms with Gasteiger partial charge in [0.05, 0.1) is 11.3 Å². The summed E-state index contributed by atoms with van der Waals surface area (Å²) in [6.45, 7) is 1.22. The maximum Gasteiger partial charge on any atom is 0.256 e. The van der Waals surface area contributed by atoms with Crippen molar-refractivity contribution in [3.63, 3.8) is 0 Å². The highest BCUT2D eigenvalue weighted by Gasteiger charge is 2.18. The average molecular weight is 264 g/mol. The Kier molecular flexibility index (Phi) is 2.40. The number of nitrogens with one attached hydrogen (secondary N) is 2. The van der Waals surface area contributed by atoms with E-state index in [1.807, 2.05) is 30.3 Å². The normalized spacial score (nSPS) is 13.6. The van der Waals surface area contributed by atoms with Gasteiger partial charge in [0.2, 0.25) is 0 Å². The number of aromatic amines is 1. The second-order valence-corrected chi connectivity index (χ2v) is 4.82. The lowest BCUT2D eigenvalue weighted by Crippen LogP contribution is -2.16. The van der Waals surface area contributed by atoms with Crippen LogP contribution in [0.5, 0.6) is 0 Å². The maximum atomic E-state index is 12.1. The van der Waals surface area contributed by atoms with Crippen molar-refractivity contribution in [3.8, 4) is 11.5 Å². The fourth-order valence-electron chi connectivity index (χ4n) is 2.60. The molecule has 1 aromatic carbocycles. The third-order valence-electron chi connectivity index (χ3n) is 3.59. The van der Waals surface area contributed by atoms with Crippen molar-refractivity contribution in [1.29, 1.82) is 0 Å². The molecule has 0 aliphatic carbocycles. The van der Waals surface area contributed by atoms with Gasteiger partial charge in [0, 0.05) is 24.7 Å². The highest BCUT2D eigenvalue weighted by atomic mass is 16.1. The van der Waals surface area contributed by atoms with Gasteiger partial charge in [0.25, 0.3) is 5.56 Å². The molecule has 0 saturated carbocycles. The zero-order valence-corrected chi connectivity index (χ0v) is 10.7. The van der Waals surface area contributed by atoms with Crippen LogP contribution in [-0.2, 0) is 13.1 Å². The molecule has 0 spiro atoms. The molecule has 0 saturated heterocycles. The summed E-state index contributed by atoms with van der Waals surface area (Å²) in [6.07, 6.45) is 1.74. The van der Waals surface area contributed by atoms with Crippen LogP contribution in [0.2, 0.25) is 0 Å². The van der Waals surface area contributed by atoms with Crippen LogP contribution in [0.4, 0.5) is 0 Å². The van der Waals surface area contributed by atoms with E-state index >= 15 is 0 Å². The Bertz CT molecular complexity index is 864. The van der Waals surface area contributed by atoms with E-state index < -0.39 is 0 Å². The number of aromatic nitrogens is 3. The summed E-state index contributed by atoms with van der Waals surface area (Å²) in [4.78, 5) is 23.9. The molecule has 4 rings (SSSR count). The molecule has 0 amide bonds. The lowest BCUT2D eigenvalue weighted by atomic mass is 10.1. The molecular weight excluding hydrogens is 252 g/mol. The Labute approximate surface area is 114 Å². The minimum atomic E-state index is -0.0789. The Morgan fingerprint density at radius 2 is 2.00 bits per heavy atom. The van der Waals surface area contributed by atoms with E-state index in [-0.39, 0.29) is 5.56 Å². The smallest absolute Gasteiger partial charge is 0.256 e. The Balaban J connectivity index is 2.01. The number of H-pyrrole nitrogens is 1. The second kappa shape index (κ2) is 4.25. The van der Waals surface area contributed by atoms with Gasteiger partial charge in [-0.25, -0.2) is 4.98 Å². The van der Waals surface area contributed by atoms with E-state index in [1.54, 1.807) is 6.20 Å². The van der Waals surface area contributed by atoms with Gasteiger partial charge >= 0.3 is 0 Å². The lowest BCUT2D eigenvalue weighted by Gasteiger charge is -2.06. The largest absolute Gasteiger partial charge is 0.307 e. The molecule has 20 heavy (non-hydrogen) atoms. The van der Waals surface area contributed by atoms with Crippen molar-refractivity contribution in [1.82, 2.24) is 20.3 Å². The molecular formula is C15H12N4O. The summed E-state index contributed by atoms with van der Waals surface area (Å²) >= 11 is 0. The Morgan fingerprint density at radius 3 is 2.95 bits per heavy atom. The van der Waals surface area contributed by atoms with Gasteiger partial charge in [0.1, 0.15) is 5.69 Å². The third kappa shape index (κ3) is 1.64. The zero-order valence-electron chi connectivity index (χ0n) is 10.7. The van der Waals surface area contributed by atoms with E-state index in [0.717, 1.165) is 27.7 Å². The summed E-state index contributed by atoms with van der Waals surface area (Å²) in [6, 6.07) is 9.90. The van der Waals surface area contributed by atoms with E-state index in [2.05, 4.69) is 20.3 Å². The van der Waals surface area contributed by atoms with Crippen molar-refractivity contribution < 1.29 is 0 Å². The molecule has 2 N–H and O–H groups in total. The Morgan fingerprint density at radius 1 is 1.10 bits per heavy atom. The van der Waals surface area contributed by atoms with Crippen LogP contribution in [-0.4, -0.2) is 15.0 Å². The molecule has 0 atom stereocenters. The molecule has 5 heteroatoms. The monoisotopic (exact) mass is 264 g/mol. The molecule has 2 aromatic heterocycles. The number of hydrogen-bond acceptors (Lipinski definition) is 4. The van der Waals surface area contributed by atoms with Crippen molar-refractivity contribution in [3.05, 3.63) is 58.1 Å². The molecule has 5 nitrogen and oxygen atoms in total. The van der Waals surface area contributed by atoms with E-state index in [0.29, 0.717) is 18.9 Å². The van der Waals surface area contributed by atoms with E-state index in [1.165, 1.54) is 0 Å². The molecule has 1 aliphatic rings. The van der Waals surface area contributed by atoms with Crippen LogP contribution in [0, 0.1) is 0 Å². The van der Waals surface area contributed by atoms with Crippen molar-refractivity contribution in [2.45, 2.75) is 13.1 Å². The predicted molar refractivity (Wildman–Crippen MR) is 76.1 cm³/mol. The van der Waals surface area contributed by atoms with Gasteiger partial charge in [0.15, 0.2) is 5.82 Å². The Hall–Kier alpha value is -2.53. The third-order valence-corrected chi connectivity index (χ3v) is 3.59. The lowest BCUT2D eigenvalue weighted by molar-refractivity contribution is 0.757. The van der Waals surface area contributed by atoms with Crippen LogP contribution in [0.25, 0.3) is 22.3 Å². The average Bonchev–Trinajstić information content (AvgIpc) is 2.95. The number of benzene rings is 1. The number of nitrogens with zero attached hydrogens (tertiary/aromatic N) is 2. The van der Waals surface area contributed by atoms with Gasteiger partial charge in [-0.15, -0.1) is 0 Å². The van der Waals surface area contributed by atoms with Crippen molar-refractivity contribution in [2.75, 3.05) is 0 Å². The number of fused-ring (bicyclic) bond motifs is 2. The summed E-state index contributed by atoms with van der Waals surface area (Å²) in [5.74, 6) is 0.536. The standard InChI is InChI=1S/C15H12N4O/c20-15-11-7-16-8-12(11)18-14(19-15)13-10-4-2-1-3-9(10)5-6-17-13/h1-6,16H,7-8H2,(H,18,19,20). The maximum absolute atomic E-state index is 12.1. The summed E-state index contributed by atoms with van der Waals surface area (Å²) < 4.78 is 0. The highest BCUT2D eigenvalue weighted by molar-refractivity contribution is 5.92. The topological polar surface area (TPSA) is 70.7 Å². The second-order valence-electron chi connectivity index (χ2n) is 4.82. The van der Waals surface area contributed by atoms with Crippen molar-refractivity contribution in [2.24, 2.45) is 0 Å². The van der Waals surface area contributed by atoms with Crippen LogP contribution in [0.15, 0.2) is 41.3 Å². The zero-order chi connectivity index (χ0) is 13.5. The number of pyridine rings is 1. The minimum Gasteiger partial charge on any atom is -0.307 e. The van der Waals surface area contributed by atoms with Gasteiger partial charge < -0.3 is 10.3 Å². The molecule has 3 heterocycles. The first-order valence-corrected chi connectivity index (χ1v) is 6.50. The molecule has 0 fully saturated rings. The van der Waals surface area contributed by atoms with E-state index in [4.69, 9.17) is 0 Å². The van der Waals surface area contributed by atoms with Gasteiger partial charge in [-0.1, -0.05) is 24.3 Å². The van der Waals surface area contributed by atoms with E-state index in [9.17, 15) is 4.79 Å². The van der Waals surface area contributed by atoms with Gasteiger partial charge in [-0.3, -0.25) is 9.78 Å².